The summed E-state index contributed by atoms with van der Waals surface area (Å²) in [5.74, 6) is -1.36. The van der Waals surface area contributed by atoms with Gasteiger partial charge in [-0.05, 0) is 12.8 Å². The average Bonchev–Trinajstić information content (AvgIpc) is 2.77. The molecule has 15 heavy (non-hydrogen) atoms. The number of hydrogen-bond donors (Lipinski definition) is 0. The summed E-state index contributed by atoms with van der Waals surface area (Å²) in [6, 6.07) is 0. The van der Waals surface area contributed by atoms with Gasteiger partial charge in [-0.2, -0.15) is 0 Å². The Hall–Kier alpha value is -1.10. The molecule has 1 aliphatic rings. The van der Waals surface area contributed by atoms with E-state index in [2.05, 4.69) is 9.47 Å². The quantitative estimate of drug-likeness (QED) is 0.641. The van der Waals surface area contributed by atoms with Crippen LogP contribution in [-0.2, 0) is 23.8 Å². The van der Waals surface area contributed by atoms with E-state index < -0.39 is 17.9 Å². The lowest BCUT2D eigenvalue weighted by Crippen LogP contribution is -2.31. The normalized spacial score (nSPS) is 22.1. The van der Waals surface area contributed by atoms with E-state index in [1.165, 1.54) is 14.2 Å². The van der Waals surface area contributed by atoms with Gasteiger partial charge >= 0.3 is 11.9 Å². The SMILES string of the molecule is COC(=O)C[C@H](C(=O)OC)[C@@H]1CCCO1. The van der Waals surface area contributed by atoms with E-state index in [1.54, 1.807) is 0 Å². The van der Waals surface area contributed by atoms with Crippen LogP contribution in [0.4, 0.5) is 0 Å². The molecule has 0 aromatic carbocycles. The molecule has 0 radical (unpaired) electrons. The molecule has 1 heterocycles. The first kappa shape index (κ1) is 12.0. The zero-order valence-corrected chi connectivity index (χ0v) is 9.02. The van der Waals surface area contributed by atoms with Gasteiger partial charge in [0.2, 0.25) is 0 Å². The van der Waals surface area contributed by atoms with Gasteiger partial charge in [-0.1, -0.05) is 0 Å². The standard InChI is InChI=1S/C10H16O5/c1-13-9(11)6-7(10(12)14-2)8-4-3-5-15-8/h7-8H,3-6H2,1-2H3/t7-,8-/m0/s1. The molecule has 0 saturated carbocycles. The monoisotopic (exact) mass is 216 g/mol. The molecule has 1 rings (SSSR count). The van der Waals surface area contributed by atoms with Crippen LogP contribution in [0.5, 0.6) is 0 Å². The third-order valence-corrected chi connectivity index (χ3v) is 2.53. The third kappa shape index (κ3) is 3.20. The first-order valence-corrected chi connectivity index (χ1v) is 4.95. The summed E-state index contributed by atoms with van der Waals surface area (Å²) in [7, 11) is 2.60. The van der Waals surface area contributed by atoms with Gasteiger partial charge in [-0.25, -0.2) is 0 Å². The van der Waals surface area contributed by atoms with Gasteiger partial charge in [0.1, 0.15) is 0 Å². The Labute approximate surface area is 88.7 Å². The number of carbonyl (C=O) groups is 2. The Kier molecular flexibility index (Phi) is 4.55. The smallest absolute Gasteiger partial charge is 0.311 e. The van der Waals surface area contributed by atoms with Gasteiger partial charge in [0, 0.05) is 6.61 Å². The van der Waals surface area contributed by atoms with Crippen molar-refractivity contribution in [2.24, 2.45) is 5.92 Å². The zero-order valence-electron chi connectivity index (χ0n) is 9.02. The van der Waals surface area contributed by atoms with Crippen LogP contribution in [0.3, 0.4) is 0 Å². The molecular formula is C10H16O5. The number of ether oxygens (including phenoxy) is 3. The van der Waals surface area contributed by atoms with Crippen LogP contribution in [0.2, 0.25) is 0 Å². The maximum absolute atomic E-state index is 11.4. The topological polar surface area (TPSA) is 61.8 Å². The third-order valence-electron chi connectivity index (χ3n) is 2.53. The van der Waals surface area contributed by atoms with Crippen molar-refractivity contribution in [3.63, 3.8) is 0 Å². The number of carbonyl (C=O) groups excluding carboxylic acids is 2. The van der Waals surface area contributed by atoms with Crippen molar-refractivity contribution in [3.05, 3.63) is 0 Å². The van der Waals surface area contributed by atoms with Gasteiger partial charge in [0.25, 0.3) is 0 Å². The molecule has 5 heteroatoms. The molecule has 1 fully saturated rings. The molecule has 0 spiro atoms. The lowest BCUT2D eigenvalue weighted by atomic mass is 9.96. The molecule has 5 nitrogen and oxygen atoms in total. The fourth-order valence-electron chi connectivity index (χ4n) is 1.70. The van der Waals surface area contributed by atoms with Crippen LogP contribution < -0.4 is 0 Å². The van der Waals surface area contributed by atoms with E-state index in [1.807, 2.05) is 0 Å². The van der Waals surface area contributed by atoms with E-state index in [9.17, 15) is 9.59 Å². The van der Waals surface area contributed by atoms with Crippen LogP contribution in [0, 0.1) is 5.92 Å². The highest BCUT2D eigenvalue weighted by Gasteiger charge is 2.34. The predicted octanol–water partition coefficient (Wildman–Crippen LogP) is 0.518. The minimum Gasteiger partial charge on any atom is -0.469 e. The van der Waals surface area contributed by atoms with Crippen molar-refractivity contribution < 1.29 is 23.8 Å². The van der Waals surface area contributed by atoms with Crippen LogP contribution in [0.1, 0.15) is 19.3 Å². The van der Waals surface area contributed by atoms with Crippen molar-refractivity contribution in [3.8, 4) is 0 Å². The lowest BCUT2D eigenvalue weighted by Gasteiger charge is -2.19. The Morgan fingerprint density at radius 3 is 2.60 bits per heavy atom. The highest BCUT2D eigenvalue weighted by atomic mass is 16.5. The molecule has 1 aliphatic heterocycles. The molecule has 2 atom stereocenters. The Morgan fingerprint density at radius 2 is 2.13 bits per heavy atom. The second kappa shape index (κ2) is 5.70. The highest BCUT2D eigenvalue weighted by molar-refractivity contribution is 5.80. The largest absolute Gasteiger partial charge is 0.469 e. The molecule has 0 amide bonds. The van der Waals surface area contributed by atoms with Crippen molar-refractivity contribution in [2.75, 3.05) is 20.8 Å². The Balaban J connectivity index is 2.59. The second-order valence-electron chi connectivity index (χ2n) is 3.46. The van der Waals surface area contributed by atoms with Crippen LogP contribution in [0.25, 0.3) is 0 Å². The van der Waals surface area contributed by atoms with E-state index in [0.29, 0.717) is 6.61 Å². The van der Waals surface area contributed by atoms with Gasteiger partial charge < -0.3 is 14.2 Å². The summed E-state index contributed by atoms with van der Waals surface area (Å²) >= 11 is 0. The van der Waals surface area contributed by atoms with Crippen LogP contribution in [-0.4, -0.2) is 38.9 Å². The summed E-state index contributed by atoms with van der Waals surface area (Å²) in [6.07, 6.45) is 1.51. The van der Waals surface area contributed by atoms with E-state index in [0.717, 1.165) is 12.8 Å². The highest BCUT2D eigenvalue weighted by Crippen LogP contribution is 2.24. The number of methoxy groups -OCH3 is 2. The molecule has 0 N–H and O–H groups in total. The fraction of sp³-hybridized carbons (Fsp3) is 0.800. The molecule has 0 aromatic rings. The van der Waals surface area contributed by atoms with E-state index >= 15 is 0 Å². The molecular weight excluding hydrogens is 200 g/mol. The minimum absolute atomic E-state index is 0.0217. The molecule has 1 saturated heterocycles. The first-order chi connectivity index (χ1) is 7.19. The number of hydrogen-bond acceptors (Lipinski definition) is 5. The summed E-state index contributed by atoms with van der Waals surface area (Å²) in [5, 5.41) is 0. The first-order valence-electron chi connectivity index (χ1n) is 4.95. The molecule has 0 unspecified atom stereocenters. The second-order valence-corrected chi connectivity index (χ2v) is 3.46. The summed E-state index contributed by atoms with van der Waals surface area (Å²) < 4.78 is 14.6. The summed E-state index contributed by atoms with van der Waals surface area (Å²) in [6.45, 7) is 0.638. The van der Waals surface area contributed by atoms with Gasteiger partial charge in [-0.15, -0.1) is 0 Å². The van der Waals surface area contributed by atoms with Crippen molar-refractivity contribution in [1.29, 1.82) is 0 Å². The zero-order chi connectivity index (χ0) is 11.3. The van der Waals surface area contributed by atoms with Crippen molar-refractivity contribution in [1.82, 2.24) is 0 Å². The predicted molar refractivity (Wildman–Crippen MR) is 51.1 cm³/mol. The summed E-state index contributed by atoms with van der Waals surface area (Å²) in [5.41, 5.74) is 0. The number of rotatable bonds is 4. The van der Waals surface area contributed by atoms with Crippen LogP contribution >= 0.6 is 0 Å². The van der Waals surface area contributed by atoms with E-state index in [4.69, 9.17) is 4.74 Å². The Bertz CT molecular complexity index is 232. The molecule has 0 aromatic heterocycles. The van der Waals surface area contributed by atoms with E-state index in [-0.39, 0.29) is 12.5 Å². The van der Waals surface area contributed by atoms with Crippen molar-refractivity contribution in [2.45, 2.75) is 25.4 Å². The van der Waals surface area contributed by atoms with Gasteiger partial charge in [0.05, 0.1) is 32.7 Å². The summed E-state index contributed by atoms with van der Waals surface area (Å²) in [4.78, 5) is 22.6. The van der Waals surface area contributed by atoms with Gasteiger partial charge in [-0.3, -0.25) is 9.59 Å². The minimum atomic E-state index is -0.537. The Morgan fingerprint density at radius 1 is 1.40 bits per heavy atom. The van der Waals surface area contributed by atoms with Crippen LogP contribution in [0.15, 0.2) is 0 Å². The van der Waals surface area contributed by atoms with Gasteiger partial charge in [0.15, 0.2) is 0 Å². The average molecular weight is 216 g/mol. The number of esters is 2. The molecule has 0 aliphatic carbocycles. The lowest BCUT2D eigenvalue weighted by molar-refractivity contribution is -0.156. The maximum Gasteiger partial charge on any atom is 0.311 e. The fourth-order valence-corrected chi connectivity index (χ4v) is 1.70. The maximum atomic E-state index is 11.4. The molecule has 86 valence electrons. The van der Waals surface area contributed by atoms with Crippen molar-refractivity contribution >= 4 is 11.9 Å². The molecule has 0 bridgehead atoms.